The summed E-state index contributed by atoms with van der Waals surface area (Å²) in [6, 6.07) is 5.61. The summed E-state index contributed by atoms with van der Waals surface area (Å²) in [7, 11) is 1.90. The van der Waals surface area contributed by atoms with Gasteiger partial charge in [0.2, 0.25) is 0 Å². The summed E-state index contributed by atoms with van der Waals surface area (Å²) in [5.41, 5.74) is 2.51. The SMILES string of the molecule is CNCCCNC(=O)c1ccc(-n2cncn2)cc1C.Cl. The lowest BCUT2D eigenvalue weighted by atomic mass is 10.1. The van der Waals surface area contributed by atoms with E-state index in [1.165, 1.54) is 6.33 Å². The van der Waals surface area contributed by atoms with Gasteiger partial charge >= 0.3 is 0 Å². The molecule has 0 radical (unpaired) electrons. The predicted octanol–water partition coefficient (Wildman–Crippen LogP) is 1.34. The molecule has 0 aliphatic rings. The topological polar surface area (TPSA) is 71.8 Å². The minimum atomic E-state index is -0.0382. The molecule has 1 aromatic carbocycles. The molecule has 0 saturated heterocycles. The fraction of sp³-hybridized carbons (Fsp3) is 0.357. The molecule has 6 nitrogen and oxygen atoms in total. The van der Waals surface area contributed by atoms with Crippen LogP contribution in [-0.4, -0.2) is 40.8 Å². The number of halogens is 1. The number of nitrogens with zero attached hydrogens (tertiary/aromatic N) is 3. The number of aryl methyl sites for hydroxylation is 1. The van der Waals surface area contributed by atoms with E-state index in [0.717, 1.165) is 24.2 Å². The van der Waals surface area contributed by atoms with Crippen LogP contribution in [0.1, 0.15) is 22.3 Å². The lowest BCUT2D eigenvalue weighted by Gasteiger charge is -2.09. The van der Waals surface area contributed by atoms with E-state index in [0.29, 0.717) is 12.1 Å². The van der Waals surface area contributed by atoms with E-state index < -0.39 is 0 Å². The number of benzene rings is 1. The highest BCUT2D eigenvalue weighted by molar-refractivity contribution is 5.95. The van der Waals surface area contributed by atoms with E-state index in [1.54, 1.807) is 11.0 Å². The standard InChI is InChI=1S/C14H19N5O.ClH/c1-11-8-12(19-10-16-9-18-19)4-5-13(11)14(20)17-7-3-6-15-2;/h4-5,8-10,15H,3,6-7H2,1-2H3,(H,17,20);1H. The molecule has 21 heavy (non-hydrogen) atoms. The number of carbonyl (C=O) groups is 1. The van der Waals surface area contributed by atoms with Crippen molar-refractivity contribution < 1.29 is 4.79 Å². The third-order valence-electron chi connectivity index (χ3n) is 3.03. The smallest absolute Gasteiger partial charge is 0.251 e. The molecule has 2 N–H and O–H groups in total. The fourth-order valence-corrected chi connectivity index (χ4v) is 1.95. The highest BCUT2D eigenvalue weighted by atomic mass is 35.5. The Bertz CT molecular complexity index is 571. The number of rotatable bonds is 6. The first-order valence-corrected chi connectivity index (χ1v) is 6.61. The molecule has 0 saturated carbocycles. The minimum Gasteiger partial charge on any atom is -0.352 e. The van der Waals surface area contributed by atoms with E-state index in [9.17, 15) is 4.79 Å². The average Bonchev–Trinajstić information content (AvgIpc) is 2.97. The largest absolute Gasteiger partial charge is 0.352 e. The van der Waals surface area contributed by atoms with Crippen molar-refractivity contribution in [3.05, 3.63) is 42.0 Å². The van der Waals surface area contributed by atoms with Gasteiger partial charge < -0.3 is 10.6 Å². The van der Waals surface area contributed by atoms with Crippen LogP contribution in [0.3, 0.4) is 0 Å². The first kappa shape index (κ1) is 17.1. The van der Waals surface area contributed by atoms with Gasteiger partial charge in [-0.15, -0.1) is 12.4 Å². The Balaban J connectivity index is 0.00000220. The molecule has 0 bridgehead atoms. The molecule has 0 fully saturated rings. The monoisotopic (exact) mass is 309 g/mol. The van der Waals surface area contributed by atoms with Gasteiger partial charge in [-0.2, -0.15) is 5.10 Å². The van der Waals surface area contributed by atoms with Crippen LogP contribution in [0.4, 0.5) is 0 Å². The Kier molecular flexibility index (Phi) is 6.84. The Hall–Kier alpha value is -1.92. The molecule has 0 spiro atoms. The summed E-state index contributed by atoms with van der Waals surface area (Å²) in [4.78, 5) is 16.0. The second-order valence-corrected chi connectivity index (χ2v) is 4.55. The molecule has 1 amide bonds. The van der Waals surface area contributed by atoms with Crippen molar-refractivity contribution in [1.29, 1.82) is 0 Å². The molecule has 1 heterocycles. The molecule has 1 aromatic heterocycles. The Morgan fingerprint density at radius 2 is 2.14 bits per heavy atom. The summed E-state index contributed by atoms with van der Waals surface area (Å²) >= 11 is 0. The van der Waals surface area contributed by atoms with E-state index in [1.807, 2.05) is 32.2 Å². The van der Waals surface area contributed by atoms with Crippen LogP contribution in [0.25, 0.3) is 5.69 Å². The van der Waals surface area contributed by atoms with E-state index in [4.69, 9.17) is 0 Å². The van der Waals surface area contributed by atoms with Gasteiger partial charge in [-0.25, -0.2) is 9.67 Å². The van der Waals surface area contributed by atoms with Crippen LogP contribution < -0.4 is 10.6 Å². The van der Waals surface area contributed by atoms with Gasteiger partial charge in [-0.1, -0.05) is 0 Å². The van der Waals surface area contributed by atoms with Crippen LogP contribution in [0.2, 0.25) is 0 Å². The van der Waals surface area contributed by atoms with Crippen molar-refractivity contribution in [3.8, 4) is 5.69 Å². The lowest BCUT2D eigenvalue weighted by molar-refractivity contribution is 0.0952. The number of hydrogen-bond acceptors (Lipinski definition) is 4. The van der Waals surface area contributed by atoms with E-state index >= 15 is 0 Å². The maximum absolute atomic E-state index is 12.1. The van der Waals surface area contributed by atoms with Crippen LogP contribution in [0.5, 0.6) is 0 Å². The molecular formula is C14H20ClN5O. The zero-order valence-electron chi connectivity index (χ0n) is 12.2. The molecular weight excluding hydrogens is 290 g/mol. The third-order valence-corrected chi connectivity index (χ3v) is 3.03. The Morgan fingerprint density at radius 1 is 1.33 bits per heavy atom. The van der Waals surface area contributed by atoms with E-state index in [-0.39, 0.29) is 18.3 Å². The van der Waals surface area contributed by atoms with Crippen molar-refractivity contribution in [3.63, 3.8) is 0 Å². The van der Waals surface area contributed by atoms with E-state index in [2.05, 4.69) is 20.7 Å². The van der Waals surface area contributed by atoms with Gasteiger partial charge in [0.1, 0.15) is 12.7 Å². The zero-order valence-corrected chi connectivity index (χ0v) is 13.0. The molecule has 114 valence electrons. The Morgan fingerprint density at radius 3 is 2.76 bits per heavy atom. The minimum absolute atomic E-state index is 0. The summed E-state index contributed by atoms with van der Waals surface area (Å²) < 4.78 is 1.67. The number of amides is 1. The van der Waals surface area contributed by atoms with Crippen molar-refractivity contribution in [2.24, 2.45) is 0 Å². The normalized spacial score (nSPS) is 10.0. The van der Waals surface area contributed by atoms with Gasteiger partial charge in [-0.05, 0) is 50.7 Å². The lowest BCUT2D eigenvalue weighted by Crippen LogP contribution is -2.27. The quantitative estimate of drug-likeness (QED) is 0.790. The highest BCUT2D eigenvalue weighted by Crippen LogP contribution is 2.13. The van der Waals surface area contributed by atoms with Gasteiger partial charge in [-0.3, -0.25) is 4.79 Å². The van der Waals surface area contributed by atoms with Crippen LogP contribution >= 0.6 is 12.4 Å². The molecule has 0 aliphatic heterocycles. The maximum Gasteiger partial charge on any atom is 0.251 e. The second kappa shape index (κ2) is 8.39. The van der Waals surface area contributed by atoms with Gasteiger partial charge in [0, 0.05) is 12.1 Å². The molecule has 7 heteroatoms. The van der Waals surface area contributed by atoms with Crippen molar-refractivity contribution in [2.75, 3.05) is 20.1 Å². The Labute approximate surface area is 130 Å². The summed E-state index contributed by atoms with van der Waals surface area (Å²) in [5, 5.41) is 10.0. The summed E-state index contributed by atoms with van der Waals surface area (Å²) in [5.74, 6) is -0.0382. The molecule has 2 aromatic rings. The summed E-state index contributed by atoms with van der Waals surface area (Å²) in [6.45, 7) is 3.48. The maximum atomic E-state index is 12.1. The fourth-order valence-electron chi connectivity index (χ4n) is 1.95. The molecule has 0 atom stereocenters. The number of carbonyl (C=O) groups excluding carboxylic acids is 1. The summed E-state index contributed by atoms with van der Waals surface area (Å²) in [6.07, 6.45) is 4.03. The molecule has 2 rings (SSSR count). The molecule has 0 unspecified atom stereocenters. The second-order valence-electron chi connectivity index (χ2n) is 4.55. The molecule has 0 aliphatic carbocycles. The van der Waals surface area contributed by atoms with Crippen LogP contribution in [-0.2, 0) is 0 Å². The number of nitrogens with one attached hydrogen (secondary N) is 2. The first-order chi connectivity index (χ1) is 9.72. The van der Waals surface area contributed by atoms with Crippen molar-refractivity contribution in [1.82, 2.24) is 25.4 Å². The number of hydrogen-bond donors (Lipinski definition) is 2. The van der Waals surface area contributed by atoms with Gasteiger partial charge in [0.15, 0.2) is 0 Å². The average molecular weight is 310 g/mol. The zero-order chi connectivity index (χ0) is 14.4. The first-order valence-electron chi connectivity index (χ1n) is 6.61. The highest BCUT2D eigenvalue weighted by Gasteiger charge is 2.09. The van der Waals surface area contributed by atoms with Crippen LogP contribution in [0, 0.1) is 6.92 Å². The van der Waals surface area contributed by atoms with Gasteiger partial charge in [0.25, 0.3) is 5.91 Å². The van der Waals surface area contributed by atoms with Crippen molar-refractivity contribution in [2.45, 2.75) is 13.3 Å². The van der Waals surface area contributed by atoms with Crippen LogP contribution in [0.15, 0.2) is 30.9 Å². The van der Waals surface area contributed by atoms with Crippen molar-refractivity contribution >= 4 is 18.3 Å². The third kappa shape index (κ3) is 4.54. The van der Waals surface area contributed by atoms with Gasteiger partial charge in [0.05, 0.1) is 5.69 Å². The number of aromatic nitrogens is 3. The predicted molar refractivity (Wildman–Crippen MR) is 84.2 cm³/mol.